The van der Waals surface area contributed by atoms with Crippen LogP contribution in [0.25, 0.3) is 11.1 Å². The summed E-state index contributed by atoms with van der Waals surface area (Å²) >= 11 is -2.82. The van der Waals surface area contributed by atoms with Gasteiger partial charge in [0.25, 0.3) is 0 Å². The molecule has 2 aliphatic carbocycles. The van der Waals surface area contributed by atoms with Gasteiger partial charge < -0.3 is 24.8 Å². The number of allylic oxidation sites excluding steroid dienone is 4. The molecule has 0 heterocycles. The standard InChI is InChI=1S/C15H13.C15H14.C12H19.2ClH.Zr/c1-10-3-5-14-12(7-10)9-13-8-11(2)4-6-15(13)14;1-12-3-7-14(8-4-12)11-15-9-5-13(2)6-10-15;1-5-6-10-7-8-11(9-10)12(2,3)4;;;/h3-7H,9H2,1-2H3;3-10H,1-2H3;8-10H,5-6H2,1-4H3;2*1H;/q;;;;;+2/p-2. The van der Waals surface area contributed by atoms with Crippen molar-refractivity contribution in [1.29, 1.82) is 0 Å². The predicted octanol–water partition coefficient (Wildman–Crippen LogP) is 4.30. The summed E-state index contributed by atoms with van der Waals surface area (Å²) in [5, 5.41) is 0. The van der Waals surface area contributed by atoms with Crippen LogP contribution in [0.1, 0.15) is 85.0 Å². The van der Waals surface area contributed by atoms with Gasteiger partial charge in [-0.2, -0.15) is 0 Å². The number of fused-ring (bicyclic) bond motifs is 3. The van der Waals surface area contributed by atoms with Crippen LogP contribution in [0.4, 0.5) is 0 Å². The molecule has 45 heavy (non-hydrogen) atoms. The molecule has 1 atom stereocenters. The SMILES string of the molecule is CCCC1C=C(C(C)(C)C)C=[C]1[Zr+2](=[C](c1ccc(C)cc1)c1ccc(C)cc1)[c]1c(C)ccc2c1Cc1cc(C)ccc1-2.[Cl-].[Cl-]. The van der Waals surface area contributed by atoms with Crippen LogP contribution in [0, 0.1) is 39.0 Å². The average molecular weight is 713 g/mol. The zero-order chi connectivity index (χ0) is 30.5. The zero-order valence-corrected chi connectivity index (χ0v) is 32.1. The minimum atomic E-state index is -2.82. The van der Waals surface area contributed by atoms with Crippen molar-refractivity contribution in [1.82, 2.24) is 0 Å². The molecule has 0 saturated carbocycles. The fraction of sp³-hybridized carbons (Fsp3) is 0.310. The third kappa shape index (κ3) is 7.03. The van der Waals surface area contributed by atoms with E-state index in [0.717, 1.165) is 6.42 Å². The van der Waals surface area contributed by atoms with E-state index in [-0.39, 0.29) is 30.2 Å². The Hall–Kier alpha value is -2.31. The third-order valence-corrected chi connectivity index (χ3v) is 17.7. The van der Waals surface area contributed by atoms with Crippen LogP contribution in [0.5, 0.6) is 0 Å². The number of rotatable bonds is 6. The van der Waals surface area contributed by atoms with Crippen molar-refractivity contribution in [3.05, 3.63) is 144 Å². The largest absolute Gasteiger partial charge is 1.00 e. The fourth-order valence-electron chi connectivity index (χ4n) is 7.08. The molecule has 0 spiro atoms. The summed E-state index contributed by atoms with van der Waals surface area (Å²) in [6.45, 7) is 18.6. The van der Waals surface area contributed by atoms with Crippen molar-refractivity contribution in [3.63, 3.8) is 0 Å². The van der Waals surface area contributed by atoms with E-state index in [9.17, 15) is 0 Å². The van der Waals surface area contributed by atoms with Crippen molar-refractivity contribution < 1.29 is 46.1 Å². The molecule has 4 aromatic carbocycles. The van der Waals surface area contributed by atoms with Gasteiger partial charge in [-0.1, -0.05) is 0 Å². The van der Waals surface area contributed by atoms with E-state index in [2.05, 4.69) is 146 Å². The van der Waals surface area contributed by atoms with Gasteiger partial charge in [-0.3, -0.25) is 0 Å². The Morgan fingerprint density at radius 1 is 0.733 bits per heavy atom. The van der Waals surface area contributed by atoms with Crippen LogP contribution in [0.2, 0.25) is 0 Å². The molecule has 0 bridgehead atoms. The second-order valence-electron chi connectivity index (χ2n) is 14.0. The fourth-order valence-corrected chi connectivity index (χ4v) is 16.0. The van der Waals surface area contributed by atoms with E-state index in [0.29, 0.717) is 5.92 Å². The number of benzene rings is 4. The average Bonchev–Trinajstić information content (AvgIpc) is 3.55. The Labute approximate surface area is 292 Å². The zero-order valence-electron chi connectivity index (χ0n) is 28.1. The van der Waals surface area contributed by atoms with Gasteiger partial charge in [-0.05, 0) is 0 Å². The molecule has 1 unspecified atom stereocenters. The van der Waals surface area contributed by atoms with E-state index in [1.54, 1.807) is 15.3 Å². The van der Waals surface area contributed by atoms with Crippen LogP contribution in [0.3, 0.4) is 0 Å². The van der Waals surface area contributed by atoms with Crippen LogP contribution in [-0.4, -0.2) is 3.21 Å². The van der Waals surface area contributed by atoms with Crippen LogP contribution < -0.4 is 28.1 Å². The minimum Gasteiger partial charge on any atom is -1.00 e. The Kier molecular flexibility index (Phi) is 11.2. The van der Waals surface area contributed by atoms with Gasteiger partial charge in [0.1, 0.15) is 0 Å². The Morgan fingerprint density at radius 2 is 1.29 bits per heavy atom. The molecule has 0 aliphatic heterocycles. The first-order valence-corrected chi connectivity index (χ1v) is 19.8. The summed E-state index contributed by atoms with van der Waals surface area (Å²) in [5.41, 5.74) is 16.0. The van der Waals surface area contributed by atoms with Gasteiger partial charge >= 0.3 is 269 Å². The maximum absolute atomic E-state index is 2.82. The summed E-state index contributed by atoms with van der Waals surface area (Å²) in [6.07, 6.45) is 8.81. The number of hydrogen-bond donors (Lipinski definition) is 0. The Bertz CT molecular complexity index is 1750. The van der Waals surface area contributed by atoms with Crippen molar-refractivity contribution in [2.24, 2.45) is 11.3 Å². The van der Waals surface area contributed by atoms with Gasteiger partial charge in [0.05, 0.1) is 0 Å². The van der Waals surface area contributed by atoms with E-state index in [1.807, 2.05) is 0 Å². The summed E-state index contributed by atoms with van der Waals surface area (Å²) < 4.78 is 5.09. The summed E-state index contributed by atoms with van der Waals surface area (Å²) in [5.74, 6) is 0.515. The number of aryl methyl sites for hydroxylation is 4. The van der Waals surface area contributed by atoms with Gasteiger partial charge in [0.15, 0.2) is 0 Å². The van der Waals surface area contributed by atoms with E-state index >= 15 is 0 Å². The predicted molar refractivity (Wildman–Crippen MR) is 183 cm³/mol. The number of hydrogen-bond acceptors (Lipinski definition) is 0. The van der Waals surface area contributed by atoms with Crippen molar-refractivity contribution in [2.75, 3.05) is 0 Å². The molecular formula is C42H46Cl2Zr. The van der Waals surface area contributed by atoms with E-state index < -0.39 is 21.3 Å². The van der Waals surface area contributed by atoms with Crippen molar-refractivity contribution >= 4 is 6.48 Å². The molecule has 0 fully saturated rings. The van der Waals surface area contributed by atoms with Gasteiger partial charge in [-0.25, -0.2) is 0 Å². The molecule has 0 N–H and O–H groups in total. The second kappa shape index (κ2) is 14.2. The monoisotopic (exact) mass is 710 g/mol. The molecule has 0 radical (unpaired) electrons. The summed E-state index contributed by atoms with van der Waals surface area (Å²) in [7, 11) is 0. The van der Waals surface area contributed by atoms with E-state index in [4.69, 9.17) is 0 Å². The molecule has 4 aromatic rings. The molecule has 0 amide bonds. The van der Waals surface area contributed by atoms with Crippen molar-refractivity contribution in [3.8, 4) is 11.1 Å². The molecule has 0 nitrogen and oxygen atoms in total. The molecule has 2 aliphatic rings. The van der Waals surface area contributed by atoms with Crippen LogP contribution >= 0.6 is 0 Å². The summed E-state index contributed by atoms with van der Waals surface area (Å²) in [4.78, 5) is 0. The van der Waals surface area contributed by atoms with Gasteiger partial charge in [0, 0.05) is 0 Å². The maximum Gasteiger partial charge on any atom is -1.00 e. The molecule has 0 aromatic heterocycles. The quantitative estimate of drug-likeness (QED) is 0.247. The first kappa shape index (κ1) is 35.5. The molecule has 232 valence electrons. The minimum absolute atomic E-state index is 0. The first-order valence-electron chi connectivity index (χ1n) is 16.1. The first-order chi connectivity index (χ1) is 20.5. The normalized spacial score (nSPS) is 14.7. The molecule has 3 heteroatoms. The smallest absolute Gasteiger partial charge is 1.00 e. The van der Waals surface area contributed by atoms with Gasteiger partial charge in [-0.15, -0.1) is 0 Å². The second-order valence-corrected chi connectivity index (χ2v) is 19.7. The Balaban J connectivity index is 0.00000230. The molecular weight excluding hydrogens is 667 g/mol. The van der Waals surface area contributed by atoms with Crippen LogP contribution in [0.15, 0.2) is 99.9 Å². The topological polar surface area (TPSA) is 0 Å². The number of halogens is 2. The van der Waals surface area contributed by atoms with Crippen LogP contribution in [-0.2, 0) is 27.7 Å². The molecule has 0 saturated heterocycles. The maximum atomic E-state index is 2.68. The van der Waals surface area contributed by atoms with Gasteiger partial charge in [0.2, 0.25) is 0 Å². The molecule has 6 rings (SSSR count). The summed E-state index contributed by atoms with van der Waals surface area (Å²) in [6, 6.07) is 30.8. The van der Waals surface area contributed by atoms with Crippen molar-refractivity contribution in [2.45, 2.75) is 74.7 Å². The van der Waals surface area contributed by atoms with E-state index in [1.165, 1.54) is 68.5 Å². The third-order valence-electron chi connectivity index (χ3n) is 9.47. The Morgan fingerprint density at radius 3 is 1.84 bits per heavy atom.